The zero-order valence-electron chi connectivity index (χ0n) is 8.22. The summed E-state index contributed by atoms with van der Waals surface area (Å²) in [5, 5.41) is 1.87. The molecule has 0 spiro atoms. The number of nitrogens with one attached hydrogen (secondary N) is 1. The third-order valence-electron chi connectivity index (χ3n) is 1.89. The molecule has 0 aliphatic rings. The zero-order chi connectivity index (χ0) is 8.85. The van der Waals surface area contributed by atoms with Crippen LogP contribution in [-0.4, -0.2) is 25.2 Å². The van der Waals surface area contributed by atoms with E-state index >= 15 is 0 Å². The first-order chi connectivity index (χ1) is 5.13. The summed E-state index contributed by atoms with van der Waals surface area (Å²) in [5.41, 5.74) is 2.66. The summed E-state index contributed by atoms with van der Waals surface area (Å²) in [6.45, 7) is 6.56. The molecule has 0 saturated carbocycles. The summed E-state index contributed by atoms with van der Waals surface area (Å²) in [6, 6.07) is 0.488. The van der Waals surface area contributed by atoms with Gasteiger partial charge in [0.1, 0.15) is 0 Å². The zero-order valence-corrected chi connectivity index (χ0v) is 8.22. The fourth-order valence-electron chi connectivity index (χ4n) is 1.36. The minimum absolute atomic E-state index is 0.488. The third-order valence-corrected chi connectivity index (χ3v) is 1.89. The van der Waals surface area contributed by atoms with Crippen molar-refractivity contribution in [2.24, 2.45) is 5.92 Å². The highest BCUT2D eigenvalue weighted by Gasteiger charge is 2.16. The molecular formula is C8H20N2O. The number of rotatable bonds is 5. The summed E-state index contributed by atoms with van der Waals surface area (Å²) < 4.78 is 0. The van der Waals surface area contributed by atoms with E-state index in [1.807, 2.05) is 12.1 Å². The molecule has 3 heteroatoms. The van der Waals surface area contributed by atoms with Gasteiger partial charge in [-0.15, -0.1) is 0 Å². The predicted molar refractivity (Wildman–Crippen MR) is 46.8 cm³/mol. The van der Waals surface area contributed by atoms with Crippen LogP contribution in [0.15, 0.2) is 0 Å². The molecule has 0 rings (SSSR count). The van der Waals surface area contributed by atoms with Crippen LogP contribution in [0.25, 0.3) is 0 Å². The molecule has 3 nitrogen and oxygen atoms in total. The molecule has 68 valence electrons. The van der Waals surface area contributed by atoms with Gasteiger partial charge in [-0.3, -0.25) is 0 Å². The Hall–Kier alpha value is -0.120. The largest absolute Gasteiger partial charge is 0.212 e. The average molecular weight is 160 g/mol. The molecule has 0 saturated heterocycles. The molecule has 0 aromatic rings. The molecular weight excluding hydrogens is 140 g/mol. The SMILES string of the molecule is CCC(C(C)C)N(C)ONC. The van der Waals surface area contributed by atoms with Gasteiger partial charge in [0, 0.05) is 20.1 Å². The standard InChI is InChI=1S/C8H20N2O/c1-6-8(7(2)3)10(5)11-9-4/h7-9H,6H2,1-5H3. The first-order valence-corrected chi connectivity index (χ1v) is 4.20. The van der Waals surface area contributed by atoms with E-state index in [2.05, 4.69) is 26.3 Å². The number of hydroxylamine groups is 3. The number of nitrogens with zero attached hydrogens (tertiary/aromatic N) is 1. The second kappa shape index (κ2) is 5.52. The Kier molecular flexibility index (Phi) is 5.46. The summed E-state index contributed by atoms with van der Waals surface area (Å²) in [7, 11) is 3.72. The summed E-state index contributed by atoms with van der Waals surface area (Å²) in [6.07, 6.45) is 1.11. The highest BCUT2D eigenvalue weighted by molar-refractivity contribution is 4.64. The fourth-order valence-corrected chi connectivity index (χ4v) is 1.36. The van der Waals surface area contributed by atoms with Gasteiger partial charge in [0.15, 0.2) is 0 Å². The Balaban J connectivity index is 3.81. The highest BCUT2D eigenvalue weighted by atomic mass is 16.8. The second-order valence-corrected chi connectivity index (χ2v) is 3.06. The van der Waals surface area contributed by atoms with Crippen molar-refractivity contribution < 1.29 is 4.94 Å². The minimum atomic E-state index is 0.488. The van der Waals surface area contributed by atoms with Crippen LogP contribution in [0.5, 0.6) is 0 Å². The summed E-state index contributed by atoms with van der Waals surface area (Å²) in [5.74, 6) is 0.623. The van der Waals surface area contributed by atoms with Crippen LogP contribution in [0, 0.1) is 5.92 Å². The molecule has 0 aliphatic carbocycles. The van der Waals surface area contributed by atoms with E-state index < -0.39 is 0 Å². The van der Waals surface area contributed by atoms with Crippen molar-refractivity contribution in [3.63, 3.8) is 0 Å². The predicted octanol–water partition coefficient (Wildman–Crippen LogP) is 1.42. The van der Waals surface area contributed by atoms with Crippen molar-refractivity contribution in [2.75, 3.05) is 14.1 Å². The molecule has 0 bridgehead atoms. The molecule has 0 amide bonds. The van der Waals surface area contributed by atoms with Gasteiger partial charge in [0.05, 0.1) is 0 Å². The van der Waals surface area contributed by atoms with Crippen LogP contribution in [0.1, 0.15) is 27.2 Å². The van der Waals surface area contributed by atoms with Crippen molar-refractivity contribution in [3.05, 3.63) is 0 Å². The maximum atomic E-state index is 5.14. The third kappa shape index (κ3) is 3.70. The van der Waals surface area contributed by atoms with E-state index in [4.69, 9.17) is 4.94 Å². The van der Waals surface area contributed by atoms with Gasteiger partial charge in [-0.2, -0.15) is 10.5 Å². The highest BCUT2D eigenvalue weighted by Crippen LogP contribution is 2.11. The van der Waals surface area contributed by atoms with Crippen LogP contribution in [-0.2, 0) is 4.94 Å². The van der Waals surface area contributed by atoms with E-state index in [9.17, 15) is 0 Å². The summed E-state index contributed by atoms with van der Waals surface area (Å²) in [4.78, 5) is 5.14. The van der Waals surface area contributed by atoms with Crippen molar-refractivity contribution in [1.29, 1.82) is 0 Å². The van der Waals surface area contributed by atoms with Crippen molar-refractivity contribution in [3.8, 4) is 0 Å². The molecule has 1 N–H and O–H groups in total. The lowest BCUT2D eigenvalue weighted by molar-refractivity contribution is -0.218. The first kappa shape index (κ1) is 10.9. The van der Waals surface area contributed by atoms with Crippen LogP contribution < -0.4 is 5.48 Å². The molecule has 0 aliphatic heterocycles. The average Bonchev–Trinajstić information content (AvgIpc) is 1.88. The van der Waals surface area contributed by atoms with Gasteiger partial charge >= 0.3 is 0 Å². The summed E-state index contributed by atoms with van der Waals surface area (Å²) >= 11 is 0. The molecule has 0 aromatic heterocycles. The quantitative estimate of drug-likeness (QED) is 0.616. The number of hydrogen-bond donors (Lipinski definition) is 1. The van der Waals surface area contributed by atoms with Crippen LogP contribution in [0.2, 0.25) is 0 Å². The molecule has 11 heavy (non-hydrogen) atoms. The minimum Gasteiger partial charge on any atom is -0.212 e. The Morgan fingerprint density at radius 2 is 2.00 bits per heavy atom. The van der Waals surface area contributed by atoms with E-state index in [0.717, 1.165) is 6.42 Å². The molecule has 0 heterocycles. The van der Waals surface area contributed by atoms with Crippen LogP contribution in [0.4, 0.5) is 0 Å². The van der Waals surface area contributed by atoms with E-state index in [-0.39, 0.29) is 0 Å². The Bertz CT molecular complexity index is 96.1. The fraction of sp³-hybridized carbons (Fsp3) is 1.00. The van der Waals surface area contributed by atoms with Crippen molar-refractivity contribution in [1.82, 2.24) is 10.5 Å². The molecule has 0 radical (unpaired) electrons. The maximum Gasteiger partial charge on any atom is 0.0388 e. The smallest absolute Gasteiger partial charge is 0.0388 e. The molecule has 1 unspecified atom stereocenters. The van der Waals surface area contributed by atoms with Crippen LogP contribution in [0.3, 0.4) is 0 Å². The van der Waals surface area contributed by atoms with Gasteiger partial charge in [-0.1, -0.05) is 20.8 Å². The normalized spacial score (nSPS) is 14.5. The Morgan fingerprint density at radius 3 is 2.27 bits per heavy atom. The van der Waals surface area contributed by atoms with E-state index in [1.165, 1.54) is 0 Å². The first-order valence-electron chi connectivity index (χ1n) is 4.20. The van der Waals surface area contributed by atoms with Gasteiger partial charge in [-0.25, -0.2) is 4.94 Å². The van der Waals surface area contributed by atoms with Gasteiger partial charge in [-0.05, 0) is 12.3 Å². The molecule has 0 fully saturated rings. The van der Waals surface area contributed by atoms with E-state index in [0.29, 0.717) is 12.0 Å². The lowest BCUT2D eigenvalue weighted by Gasteiger charge is -2.28. The lowest BCUT2D eigenvalue weighted by atomic mass is 10.0. The van der Waals surface area contributed by atoms with Crippen LogP contribution >= 0.6 is 0 Å². The lowest BCUT2D eigenvalue weighted by Crippen LogP contribution is -2.38. The van der Waals surface area contributed by atoms with Crippen molar-refractivity contribution in [2.45, 2.75) is 33.2 Å². The Labute approximate surface area is 69.6 Å². The maximum absolute atomic E-state index is 5.14. The van der Waals surface area contributed by atoms with E-state index in [1.54, 1.807) is 7.05 Å². The molecule has 1 atom stereocenters. The molecule has 0 aromatic carbocycles. The monoisotopic (exact) mass is 160 g/mol. The van der Waals surface area contributed by atoms with Crippen molar-refractivity contribution >= 4 is 0 Å². The van der Waals surface area contributed by atoms with Gasteiger partial charge < -0.3 is 0 Å². The number of hydrogen-bond acceptors (Lipinski definition) is 3. The Morgan fingerprint density at radius 1 is 1.45 bits per heavy atom. The van der Waals surface area contributed by atoms with Gasteiger partial charge in [0.2, 0.25) is 0 Å². The second-order valence-electron chi connectivity index (χ2n) is 3.06. The topological polar surface area (TPSA) is 24.5 Å². The van der Waals surface area contributed by atoms with Gasteiger partial charge in [0.25, 0.3) is 0 Å².